The molecular weight excluding hydrogens is 316 g/mol. The van der Waals surface area contributed by atoms with Crippen molar-refractivity contribution in [3.05, 3.63) is 29.8 Å². The fourth-order valence-electron chi connectivity index (χ4n) is 3.09. The van der Waals surface area contributed by atoms with Crippen LogP contribution in [-0.2, 0) is 11.3 Å². The number of nitrogens with one attached hydrogen (secondary N) is 3. The Kier molecular flexibility index (Phi) is 8.09. The van der Waals surface area contributed by atoms with Gasteiger partial charge in [-0.2, -0.15) is 0 Å². The van der Waals surface area contributed by atoms with Crippen molar-refractivity contribution in [3.8, 4) is 5.75 Å². The molecular formula is C19H30N4O2. The van der Waals surface area contributed by atoms with E-state index in [2.05, 4.69) is 20.9 Å². The predicted molar refractivity (Wildman–Crippen MR) is 101 cm³/mol. The van der Waals surface area contributed by atoms with E-state index in [1.165, 1.54) is 19.3 Å². The smallest absolute Gasteiger partial charge is 0.221 e. The molecule has 6 nitrogen and oxygen atoms in total. The van der Waals surface area contributed by atoms with Crippen molar-refractivity contribution in [2.75, 3.05) is 20.7 Å². The van der Waals surface area contributed by atoms with Gasteiger partial charge in [-0.1, -0.05) is 37.5 Å². The Morgan fingerprint density at radius 3 is 2.68 bits per heavy atom. The Morgan fingerprint density at radius 1 is 1.20 bits per heavy atom. The number of guanidine groups is 1. The van der Waals surface area contributed by atoms with Gasteiger partial charge >= 0.3 is 0 Å². The van der Waals surface area contributed by atoms with Crippen molar-refractivity contribution in [3.63, 3.8) is 0 Å². The zero-order chi connectivity index (χ0) is 17.9. The molecule has 0 aromatic heterocycles. The van der Waals surface area contributed by atoms with Crippen LogP contribution in [0.4, 0.5) is 0 Å². The topological polar surface area (TPSA) is 74.8 Å². The van der Waals surface area contributed by atoms with E-state index in [0.717, 1.165) is 24.2 Å². The third kappa shape index (κ3) is 6.64. The first-order valence-electron chi connectivity index (χ1n) is 9.08. The summed E-state index contributed by atoms with van der Waals surface area (Å²) in [6.07, 6.45) is 6.42. The molecule has 0 atom stereocenters. The van der Waals surface area contributed by atoms with Crippen molar-refractivity contribution in [1.29, 1.82) is 0 Å². The van der Waals surface area contributed by atoms with Gasteiger partial charge in [0.15, 0.2) is 5.96 Å². The van der Waals surface area contributed by atoms with Crippen LogP contribution in [0.15, 0.2) is 29.3 Å². The first kappa shape index (κ1) is 19.1. The average molecular weight is 346 g/mol. The second-order valence-corrected chi connectivity index (χ2v) is 6.32. The van der Waals surface area contributed by atoms with Gasteiger partial charge in [-0.25, -0.2) is 0 Å². The number of ether oxygens (including phenoxy) is 1. The number of aliphatic imine (C=N–C) groups is 1. The van der Waals surface area contributed by atoms with Gasteiger partial charge in [0.2, 0.25) is 5.91 Å². The maximum atomic E-state index is 12.0. The summed E-state index contributed by atoms with van der Waals surface area (Å²) in [6.45, 7) is 1.17. The summed E-state index contributed by atoms with van der Waals surface area (Å²) in [5.41, 5.74) is 1.06. The van der Waals surface area contributed by atoms with Crippen LogP contribution in [0.3, 0.4) is 0 Å². The normalized spacial score (nSPS) is 15.5. The van der Waals surface area contributed by atoms with Crippen molar-refractivity contribution in [2.45, 2.75) is 51.1 Å². The van der Waals surface area contributed by atoms with Crippen LogP contribution in [-0.4, -0.2) is 38.6 Å². The van der Waals surface area contributed by atoms with Crippen LogP contribution in [0.5, 0.6) is 5.75 Å². The molecule has 0 radical (unpaired) electrons. The van der Waals surface area contributed by atoms with Gasteiger partial charge in [0.25, 0.3) is 0 Å². The maximum absolute atomic E-state index is 12.0. The molecule has 1 aliphatic carbocycles. The Balaban J connectivity index is 1.68. The Labute approximate surface area is 150 Å². The van der Waals surface area contributed by atoms with Gasteiger partial charge in [-0.05, 0) is 18.9 Å². The van der Waals surface area contributed by atoms with E-state index in [-0.39, 0.29) is 5.91 Å². The standard InChI is InChI=1S/C19H30N4O2/c1-20-19(22-14-15-8-6-7-11-17(15)25-2)21-13-12-18(24)23-16-9-4-3-5-10-16/h6-8,11,16H,3-5,9-10,12-14H2,1-2H3,(H,23,24)(H2,20,21,22). The van der Waals surface area contributed by atoms with E-state index >= 15 is 0 Å². The lowest BCUT2D eigenvalue weighted by Crippen LogP contribution is -2.41. The first-order valence-corrected chi connectivity index (χ1v) is 9.08. The van der Waals surface area contributed by atoms with E-state index in [9.17, 15) is 4.79 Å². The largest absolute Gasteiger partial charge is 0.496 e. The Hall–Kier alpha value is -2.24. The number of methoxy groups -OCH3 is 1. The molecule has 0 unspecified atom stereocenters. The van der Waals surface area contributed by atoms with E-state index in [1.54, 1.807) is 14.2 Å². The summed E-state index contributed by atoms with van der Waals surface area (Å²) in [5.74, 6) is 1.63. The zero-order valence-electron chi connectivity index (χ0n) is 15.3. The molecule has 138 valence electrons. The van der Waals surface area contributed by atoms with E-state index < -0.39 is 0 Å². The fraction of sp³-hybridized carbons (Fsp3) is 0.579. The monoisotopic (exact) mass is 346 g/mol. The molecule has 1 aromatic rings. The molecule has 0 saturated heterocycles. The summed E-state index contributed by atoms with van der Waals surface area (Å²) < 4.78 is 5.34. The highest BCUT2D eigenvalue weighted by Crippen LogP contribution is 2.17. The second kappa shape index (κ2) is 10.6. The zero-order valence-corrected chi connectivity index (χ0v) is 15.3. The van der Waals surface area contributed by atoms with Gasteiger partial charge in [-0.3, -0.25) is 9.79 Å². The second-order valence-electron chi connectivity index (χ2n) is 6.32. The highest BCUT2D eigenvalue weighted by Gasteiger charge is 2.15. The van der Waals surface area contributed by atoms with E-state index in [1.807, 2.05) is 24.3 Å². The van der Waals surface area contributed by atoms with Crippen molar-refractivity contribution in [2.24, 2.45) is 4.99 Å². The van der Waals surface area contributed by atoms with Crippen LogP contribution >= 0.6 is 0 Å². The number of rotatable bonds is 7. The summed E-state index contributed by atoms with van der Waals surface area (Å²) >= 11 is 0. The highest BCUT2D eigenvalue weighted by molar-refractivity contribution is 5.81. The Bertz CT molecular complexity index is 568. The van der Waals surface area contributed by atoms with Crippen LogP contribution in [0.25, 0.3) is 0 Å². The van der Waals surface area contributed by atoms with Crippen molar-refractivity contribution in [1.82, 2.24) is 16.0 Å². The molecule has 1 saturated carbocycles. The molecule has 1 amide bonds. The molecule has 0 spiro atoms. The number of para-hydroxylation sites is 1. The van der Waals surface area contributed by atoms with Crippen LogP contribution in [0.2, 0.25) is 0 Å². The molecule has 2 rings (SSSR count). The molecule has 1 aliphatic rings. The quantitative estimate of drug-likeness (QED) is 0.523. The van der Waals surface area contributed by atoms with Gasteiger partial charge in [0.05, 0.1) is 7.11 Å². The van der Waals surface area contributed by atoms with Crippen LogP contribution in [0.1, 0.15) is 44.1 Å². The number of benzene rings is 1. The summed E-state index contributed by atoms with van der Waals surface area (Å²) in [7, 11) is 3.39. The van der Waals surface area contributed by atoms with Gasteiger partial charge in [-0.15, -0.1) is 0 Å². The minimum absolute atomic E-state index is 0.111. The van der Waals surface area contributed by atoms with Crippen molar-refractivity contribution >= 4 is 11.9 Å². The number of hydrogen-bond donors (Lipinski definition) is 3. The summed E-state index contributed by atoms with van der Waals surface area (Å²) in [4.78, 5) is 16.2. The van der Waals surface area contributed by atoms with Crippen molar-refractivity contribution < 1.29 is 9.53 Å². The first-order chi connectivity index (χ1) is 12.2. The molecule has 25 heavy (non-hydrogen) atoms. The lowest BCUT2D eigenvalue weighted by atomic mass is 9.95. The predicted octanol–water partition coefficient (Wildman–Crippen LogP) is 2.20. The fourth-order valence-corrected chi connectivity index (χ4v) is 3.09. The van der Waals surface area contributed by atoms with Gasteiger partial charge in [0, 0.05) is 38.2 Å². The number of amides is 1. The van der Waals surface area contributed by atoms with E-state index in [4.69, 9.17) is 4.74 Å². The number of carbonyl (C=O) groups is 1. The van der Waals surface area contributed by atoms with Gasteiger partial charge < -0.3 is 20.7 Å². The minimum atomic E-state index is 0.111. The van der Waals surface area contributed by atoms with Crippen LogP contribution < -0.4 is 20.7 Å². The van der Waals surface area contributed by atoms with Gasteiger partial charge in [0.1, 0.15) is 5.75 Å². The molecule has 0 aliphatic heterocycles. The lowest BCUT2D eigenvalue weighted by Gasteiger charge is -2.22. The van der Waals surface area contributed by atoms with Crippen LogP contribution in [0, 0.1) is 0 Å². The number of nitrogens with zero attached hydrogens (tertiary/aromatic N) is 1. The summed E-state index contributed by atoms with van der Waals surface area (Å²) in [5, 5.41) is 9.55. The maximum Gasteiger partial charge on any atom is 0.221 e. The molecule has 6 heteroatoms. The van der Waals surface area contributed by atoms with E-state index in [0.29, 0.717) is 31.5 Å². The number of hydrogen-bond acceptors (Lipinski definition) is 3. The third-order valence-corrected chi connectivity index (χ3v) is 4.48. The minimum Gasteiger partial charge on any atom is -0.496 e. The molecule has 0 heterocycles. The number of carbonyl (C=O) groups excluding carboxylic acids is 1. The molecule has 3 N–H and O–H groups in total. The highest BCUT2D eigenvalue weighted by atomic mass is 16.5. The molecule has 1 aromatic carbocycles. The third-order valence-electron chi connectivity index (χ3n) is 4.48. The lowest BCUT2D eigenvalue weighted by molar-refractivity contribution is -0.121. The molecule has 0 bridgehead atoms. The SMILES string of the molecule is CN=C(NCCC(=O)NC1CCCCC1)NCc1ccccc1OC. The Morgan fingerprint density at radius 2 is 1.96 bits per heavy atom. The average Bonchev–Trinajstić information content (AvgIpc) is 2.65. The summed E-state index contributed by atoms with van der Waals surface area (Å²) in [6, 6.07) is 8.23. The molecule has 1 fully saturated rings.